The van der Waals surface area contributed by atoms with E-state index < -0.39 is 0 Å². The highest BCUT2D eigenvalue weighted by molar-refractivity contribution is 5.82. The quantitative estimate of drug-likeness (QED) is 0.495. The van der Waals surface area contributed by atoms with Gasteiger partial charge in [0.1, 0.15) is 11.3 Å². The van der Waals surface area contributed by atoms with E-state index in [1.54, 1.807) is 0 Å². The summed E-state index contributed by atoms with van der Waals surface area (Å²) in [6.45, 7) is 5.45. The summed E-state index contributed by atoms with van der Waals surface area (Å²) in [5.41, 5.74) is 2.01. The molecule has 0 saturated carbocycles. The summed E-state index contributed by atoms with van der Waals surface area (Å²) in [5, 5.41) is 4.71. The van der Waals surface area contributed by atoms with Gasteiger partial charge in [0.15, 0.2) is 0 Å². The van der Waals surface area contributed by atoms with Crippen molar-refractivity contribution >= 4 is 10.9 Å². The Morgan fingerprint density at radius 1 is 1.07 bits per heavy atom. The third-order valence-electron chi connectivity index (χ3n) is 4.53. The molecule has 6 nitrogen and oxygen atoms in total. The normalized spacial score (nSPS) is 11.1. The SMILES string of the molecule is CCCn1cc(-c2nc(-c3ccc(OCC)cc3)no2)c(=O)c2ccccc21. The molecule has 0 aliphatic carbocycles. The van der Waals surface area contributed by atoms with Crippen LogP contribution in [0.15, 0.2) is 64.0 Å². The number of aromatic nitrogens is 3. The third kappa shape index (κ3) is 3.29. The Morgan fingerprint density at radius 2 is 1.86 bits per heavy atom. The van der Waals surface area contributed by atoms with E-state index in [4.69, 9.17) is 9.26 Å². The zero-order chi connectivity index (χ0) is 19.5. The number of nitrogens with zero attached hydrogens (tertiary/aromatic N) is 3. The molecule has 28 heavy (non-hydrogen) atoms. The van der Waals surface area contributed by atoms with Crippen LogP contribution in [0.3, 0.4) is 0 Å². The van der Waals surface area contributed by atoms with Crippen LogP contribution in [0, 0.1) is 0 Å². The summed E-state index contributed by atoms with van der Waals surface area (Å²) in [4.78, 5) is 17.5. The van der Waals surface area contributed by atoms with Crippen LogP contribution in [-0.2, 0) is 6.54 Å². The standard InChI is InChI=1S/C22H21N3O3/c1-3-13-25-14-18(20(26)17-7-5-6-8-19(17)25)22-23-21(24-28-22)15-9-11-16(12-10-15)27-4-2/h5-12,14H,3-4,13H2,1-2H3. The molecule has 0 aliphatic rings. The lowest BCUT2D eigenvalue weighted by atomic mass is 10.1. The number of hydrogen-bond acceptors (Lipinski definition) is 5. The molecular weight excluding hydrogens is 354 g/mol. The second-order valence-electron chi connectivity index (χ2n) is 6.46. The summed E-state index contributed by atoms with van der Waals surface area (Å²) >= 11 is 0. The molecule has 0 atom stereocenters. The summed E-state index contributed by atoms with van der Waals surface area (Å²) < 4.78 is 13.0. The van der Waals surface area contributed by atoms with Gasteiger partial charge in [0.2, 0.25) is 11.3 Å². The molecule has 0 fully saturated rings. The van der Waals surface area contributed by atoms with Gasteiger partial charge in [-0.1, -0.05) is 24.2 Å². The first-order valence-electron chi connectivity index (χ1n) is 9.40. The van der Waals surface area contributed by atoms with E-state index in [1.807, 2.05) is 61.7 Å². The van der Waals surface area contributed by atoms with Crippen LogP contribution in [-0.4, -0.2) is 21.3 Å². The molecule has 6 heteroatoms. The Balaban J connectivity index is 1.77. The number of benzene rings is 2. The molecule has 2 aromatic carbocycles. The van der Waals surface area contributed by atoms with Crippen LogP contribution in [0.2, 0.25) is 0 Å². The van der Waals surface area contributed by atoms with Gasteiger partial charge in [0, 0.05) is 23.7 Å². The molecule has 0 amide bonds. The van der Waals surface area contributed by atoms with Crippen molar-refractivity contribution in [3.05, 3.63) is 65.0 Å². The van der Waals surface area contributed by atoms with Gasteiger partial charge < -0.3 is 13.8 Å². The van der Waals surface area contributed by atoms with E-state index in [9.17, 15) is 4.79 Å². The van der Waals surface area contributed by atoms with Gasteiger partial charge in [-0.3, -0.25) is 4.79 Å². The maximum Gasteiger partial charge on any atom is 0.263 e. The van der Waals surface area contributed by atoms with Crippen LogP contribution in [0.1, 0.15) is 20.3 Å². The molecular formula is C22H21N3O3. The minimum atomic E-state index is -0.107. The Hall–Kier alpha value is -3.41. The molecule has 142 valence electrons. The van der Waals surface area contributed by atoms with E-state index in [0.29, 0.717) is 23.4 Å². The largest absolute Gasteiger partial charge is 0.494 e. The van der Waals surface area contributed by atoms with Gasteiger partial charge >= 0.3 is 0 Å². The lowest BCUT2D eigenvalue weighted by Gasteiger charge is -2.10. The Labute approximate surface area is 162 Å². The zero-order valence-corrected chi connectivity index (χ0v) is 15.9. The predicted molar refractivity (Wildman–Crippen MR) is 108 cm³/mol. The van der Waals surface area contributed by atoms with E-state index in [-0.39, 0.29) is 11.3 Å². The maximum absolute atomic E-state index is 13.0. The number of fused-ring (bicyclic) bond motifs is 1. The van der Waals surface area contributed by atoms with Gasteiger partial charge in [-0.2, -0.15) is 4.98 Å². The fraction of sp³-hybridized carbons (Fsp3) is 0.227. The molecule has 0 bridgehead atoms. The molecule has 2 heterocycles. The Kier molecular flexibility index (Phi) is 4.93. The van der Waals surface area contributed by atoms with Crippen LogP contribution >= 0.6 is 0 Å². The highest BCUT2D eigenvalue weighted by atomic mass is 16.5. The van der Waals surface area contributed by atoms with Gasteiger partial charge in [0.05, 0.1) is 12.1 Å². The van der Waals surface area contributed by atoms with Gasteiger partial charge in [-0.05, 0) is 49.7 Å². The Bertz CT molecular complexity index is 1160. The fourth-order valence-corrected chi connectivity index (χ4v) is 3.24. The number of ether oxygens (including phenoxy) is 1. The second-order valence-corrected chi connectivity index (χ2v) is 6.46. The summed E-state index contributed by atoms with van der Waals surface area (Å²) in [7, 11) is 0. The minimum Gasteiger partial charge on any atom is -0.494 e. The molecule has 2 aromatic heterocycles. The van der Waals surface area contributed by atoms with E-state index in [1.165, 1.54) is 0 Å². The zero-order valence-electron chi connectivity index (χ0n) is 15.9. The second kappa shape index (κ2) is 7.68. The van der Waals surface area contributed by atoms with Gasteiger partial charge in [0.25, 0.3) is 5.89 Å². The molecule has 0 N–H and O–H groups in total. The van der Waals surface area contributed by atoms with E-state index in [2.05, 4.69) is 21.6 Å². The lowest BCUT2D eigenvalue weighted by Crippen LogP contribution is -2.12. The number of hydrogen-bond donors (Lipinski definition) is 0. The number of aryl methyl sites for hydroxylation is 1. The smallest absolute Gasteiger partial charge is 0.263 e. The van der Waals surface area contributed by atoms with Crippen molar-refractivity contribution in [3.8, 4) is 28.6 Å². The van der Waals surface area contributed by atoms with Crippen LogP contribution < -0.4 is 10.2 Å². The predicted octanol–water partition coefficient (Wildman–Crippen LogP) is 4.53. The minimum absolute atomic E-state index is 0.107. The molecule has 4 rings (SSSR count). The van der Waals surface area contributed by atoms with Crippen LogP contribution in [0.5, 0.6) is 5.75 Å². The number of rotatable bonds is 6. The highest BCUT2D eigenvalue weighted by Crippen LogP contribution is 2.24. The highest BCUT2D eigenvalue weighted by Gasteiger charge is 2.17. The topological polar surface area (TPSA) is 70.2 Å². The first kappa shape index (κ1) is 18.0. The van der Waals surface area contributed by atoms with Crippen LogP contribution in [0.4, 0.5) is 0 Å². The van der Waals surface area contributed by atoms with E-state index >= 15 is 0 Å². The maximum atomic E-state index is 13.0. The van der Waals surface area contributed by atoms with Crippen molar-refractivity contribution in [2.24, 2.45) is 0 Å². The monoisotopic (exact) mass is 375 g/mol. The summed E-state index contributed by atoms with van der Waals surface area (Å²) in [5.74, 6) is 1.45. The average Bonchev–Trinajstić information content (AvgIpc) is 3.21. The number of para-hydroxylation sites is 1. The first-order valence-corrected chi connectivity index (χ1v) is 9.40. The molecule has 4 aromatic rings. The average molecular weight is 375 g/mol. The summed E-state index contributed by atoms with van der Waals surface area (Å²) in [6, 6.07) is 15.0. The van der Waals surface area contributed by atoms with Crippen molar-refractivity contribution in [1.29, 1.82) is 0 Å². The molecule has 0 spiro atoms. The Morgan fingerprint density at radius 3 is 2.61 bits per heavy atom. The van der Waals surface area contributed by atoms with Crippen molar-refractivity contribution in [1.82, 2.24) is 14.7 Å². The van der Waals surface area contributed by atoms with Gasteiger partial charge in [-0.15, -0.1) is 0 Å². The fourth-order valence-electron chi connectivity index (χ4n) is 3.24. The van der Waals surface area contributed by atoms with Crippen LogP contribution in [0.25, 0.3) is 33.7 Å². The van der Waals surface area contributed by atoms with E-state index in [0.717, 1.165) is 29.8 Å². The van der Waals surface area contributed by atoms with Crippen molar-refractivity contribution in [3.63, 3.8) is 0 Å². The first-order chi connectivity index (χ1) is 13.7. The van der Waals surface area contributed by atoms with Crippen molar-refractivity contribution in [2.75, 3.05) is 6.61 Å². The van der Waals surface area contributed by atoms with Gasteiger partial charge in [-0.25, -0.2) is 0 Å². The number of pyridine rings is 1. The molecule has 0 radical (unpaired) electrons. The molecule has 0 aliphatic heterocycles. The molecule has 0 saturated heterocycles. The van der Waals surface area contributed by atoms with Crippen molar-refractivity contribution in [2.45, 2.75) is 26.8 Å². The van der Waals surface area contributed by atoms with Crippen molar-refractivity contribution < 1.29 is 9.26 Å². The summed E-state index contributed by atoms with van der Waals surface area (Å²) in [6.07, 6.45) is 2.76. The molecule has 0 unspecified atom stereocenters. The lowest BCUT2D eigenvalue weighted by molar-refractivity contribution is 0.340. The third-order valence-corrected chi connectivity index (χ3v) is 4.53.